The Labute approximate surface area is 110 Å². The van der Waals surface area contributed by atoms with Crippen LogP contribution in [0.5, 0.6) is 0 Å². The number of aliphatic hydroxyl groups is 1. The van der Waals surface area contributed by atoms with Gasteiger partial charge in [0.15, 0.2) is 0 Å². The van der Waals surface area contributed by atoms with Crippen molar-refractivity contribution in [2.24, 2.45) is 11.3 Å². The number of hydrogen-bond acceptors (Lipinski definition) is 4. The summed E-state index contributed by atoms with van der Waals surface area (Å²) in [6.45, 7) is 11.5. The van der Waals surface area contributed by atoms with Crippen molar-refractivity contribution in [1.82, 2.24) is 4.90 Å². The molecule has 2 unspecified atom stereocenters. The highest BCUT2D eigenvalue weighted by atomic mass is 16.5. The number of nitrogens with zero attached hydrogens (tertiary/aromatic N) is 1. The molecule has 0 aromatic heterocycles. The van der Waals surface area contributed by atoms with Gasteiger partial charge in [0, 0.05) is 13.1 Å². The molecule has 1 aliphatic heterocycles. The molecule has 1 heterocycles. The van der Waals surface area contributed by atoms with Crippen LogP contribution in [0.25, 0.3) is 0 Å². The Morgan fingerprint density at radius 2 is 2.17 bits per heavy atom. The topological polar surface area (TPSA) is 49.8 Å². The minimum atomic E-state index is -0.609. The van der Waals surface area contributed by atoms with Crippen molar-refractivity contribution in [3.8, 4) is 0 Å². The molecule has 0 aromatic rings. The predicted octanol–water partition coefficient (Wildman–Crippen LogP) is 1.67. The van der Waals surface area contributed by atoms with Gasteiger partial charge in [-0.3, -0.25) is 4.79 Å². The molecule has 0 bridgehead atoms. The van der Waals surface area contributed by atoms with Crippen LogP contribution in [0, 0.1) is 11.3 Å². The summed E-state index contributed by atoms with van der Waals surface area (Å²) in [6.07, 6.45) is 0.669. The van der Waals surface area contributed by atoms with Gasteiger partial charge >= 0.3 is 5.97 Å². The zero-order chi connectivity index (χ0) is 13.8. The van der Waals surface area contributed by atoms with Crippen molar-refractivity contribution < 1.29 is 14.6 Å². The van der Waals surface area contributed by atoms with Crippen LogP contribution in [0.3, 0.4) is 0 Å². The molecule has 0 spiro atoms. The van der Waals surface area contributed by atoms with Crippen molar-refractivity contribution in [2.75, 3.05) is 26.2 Å². The van der Waals surface area contributed by atoms with Crippen LogP contribution in [0.4, 0.5) is 0 Å². The minimum Gasteiger partial charge on any atom is -0.466 e. The Balaban J connectivity index is 2.30. The largest absolute Gasteiger partial charge is 0.466 e. The van der Waals surface area contributed by atoms with Gasteiger partial charge in [-0.2, -0.15) is 0 Å². The molecule has 18 heavy (non-hydrogen) atoms. The second-order valence-corrected chi connectivity index (χ2v) is 6.27. The third-order valence-corrected chi connectivity index (χ3v) is 3.67. The number of carbonyl (C=O) groups excluding carboxylic acids is 1. The van der Waals surface area contributed by atoms with E-state index in [9.17, 15) is 9.90 Å². The van der Waals surface area contributed by atoms with E-state index in [0.29, 0.717) is 24.5 Å². The number of esters is 1. The Hall–Kier alpha value is -0.610. The summed E-state index contributed by atoms with van der Waals surface area (Å²) >= 11 is 0. The van der Waals surface area contributed by atoms with Crippen molar-refractivity contribution in [1.29, 1.82) is 0 Å². The third-order valence-electron chi connectivity index (χ3n) is 3.67. The molecule has 0 radical (unpaired) electrons. The lowest BCUT2D eigenvalue weighted by Crippen LogP contribution is -2.33. The fraction of sp³-hybridized carbons (Fsp3) is 0.929. The maximum atomic E-state index is 11.3. The molecule has 1 saturated heterocycles. The molecular weight excluding hydrogens is 230 g/mol. The van der Waals surface area contributed by atoms with Gasteiger partial charge < -0.3 is 14.7 Å². The van der Waals surface area contributed by atoms with Crippen LogP contribution < -0.4 is 0 Å². The summed E-state index contributed by atoms with van der Waals surface area (Å²) in [5, 5.41) is 9.85. The molecule has 0 aromatic carbocycles. The van der Waals surface area contributed by atoms with E-state index in [2.05, 4.69) is 25.7 Å². The fourth-order valence-corrected chi connectivity index (χ4v) is 2.48. The SMILES string of the molecule is CCOC(=O)CC(O)CN1CCC(C(C)(C)C)C1. The molecule has 1 N–H and O–H groups in total. The van der Waals surface area contributed by atoms with Crippen LogP contribution in [0.2, 0.25) is 0 Å². The number of rotatable bonds is 5. The summed E-state index contributed by atoms with van der Waals surface area (Å²) in [6, 6.07) is 0. The minimum absolute atomic E-state index is 0.102. The first kappa shape index (κ1) is 15.4. The summed E-state index contributed by atoms with van der Waals surface area (Å²) in [5.74, 6) is 0.365. The van der Waals surface area contributed by atoms with Crippen molar-refractivity contribution in [3.05, 3.63) is 0 Å². The highest BCUT2D eigenvalue weighted by Crippen LogP contribution is 2.33. The van der Waals surface area contributed by atoms with Crippen LogP contribution in [0.15, 0.2) is 0 Å². The van der Waals surface area contributed by atoms with Gasteiger partial charge in [-0.25, -0.2) is 0 Å². The number of β-amino-alcohol motifs (C(OH)–C–C–N with tert-alkyl or cyclic N) is 1. The number of likely N-dealkylation sites (tertiary alicyclic amines) is 1. The molecule has 2 atom stereocenters. The Kier molecular flexibility index (Phi) is 5.60. The van der Waals surface area contributed by atoms with Crippen molar-refractivity contribution in [2.45, 2.75) is 46.6 Å². The smallest absolute Gasteiger partial charge is 0.308 e. The van der Waals surface area contributed by atoms with E-state index in [1.165, 1.54) is 6.42 Å². The van der Waals surface area contributed by atoms with Crippen LogP contribution in [-0.2, 0) is 9.53 Å². The zero-order valence-corrected chi connectivity index (χ0v) is 12.1. The lowest BCUT2D eigenvalue weighted by Gasteiger charge is -2.27. The van der Waals surface area contributed by atoms with Gasteiger partial charge in [-0.15, -0.1) is 0 Å². The Morgan fingerprint density at radius 3 is 2.67 bits per heavy atom. The van der Waals surface area contributed by atoms with Gasteiger partial charge in [-0.05, 0) is 31.2 Å². The number of hydrogen-bond donors (Lipinski definition) is 1. The van der Waals surface area contributed by atoms with E-state index in [4.69, 9.17) is 4.74 Å². The van der Waals surface area contributed by atoms with E-state index in [1.807, 2.05) is 0 Å². The summed E-state index contributed by atoms with van der Waals surface area (Å²) < 4.78 is 4.83. The van der Waals surface area contributed by atoms with Gasteiger partial charge in [0.2, 0.25) is 0 Å². The maximum Gasteiger partial charge on any atom is 0.308 e. The highest BCUT2D eigenvalue weighted by Gasteiger charge is 2.32. The van der Waals surface area contributed by atoms with E-state index in [0.717, 1.165) is 13.1 Å². The normalized spacial score (nSPS) is 23.1. The average Bonchev–Trinajstić information content (AvgIpc) is 2.65. The molecule has 4 heteroatoms. The van der Waals surface area contributed by atoms with E-state index in [1.54, 1.807) is 6.92 Å². The number of ether oxygens (including phenoxy) is 1. The number of aliphatic hydroxyl groups excluding tert-OH is 1. The first-order valence-corrected chi connectivity index (χ1v) is 6.89. The number of carbonyl (C=O) groups is 1. The quantitative estimate of drug-likeness (QED) is 0.761. The lowest BCUT2D eigenvalue weighted by molar-refractivity contribution is -0.145. The Bertz CT molecular complexity index is 273. The molecule has 1 aliphatic rings. The van der Waals surface area contributed by atoms with Gasteiger partial charge in [0.25, 0.3) is 0 Å². The zero-order valence-electron chi connectivity index (χ0n) is 12.1. The summed E-state index contributed by atoms with van der Waals surface area (Å²) in [4.78, 5) is 13.5. The monoisotopic (exact) mass is 257 g/mol. The third kappa shape index (κ3) is 4.94. The average molecular weight is 257 g/mol. The van der Waals surface area contributed by atoms with Gasteiger partial charge in [0.1, 0.15) is 0 Å². The standard InChI is InChI=1S/C14H27NO3/c1-5-18-13(17)8-12(16)10-15-7-6-11(9-15)14(2,3)4/h11-12,16H,5-10H2,1-4H3. The fourth-order valence-electron chi connectivity index (χ4n) is 2.48. The molecule has 4 nitrogen and oxygen atoms in total. The van der Waals surface area contributed by atoms with Crippen LogP contribution in [-0.4, -0.2) is 48.3 Å². The molecule has 0 saturated carbocycles. The Morgan fingerprint density at radius 1 is 1.50 bits per heavy atom. The van der Waals surface area contributed by atoms with E-state index < -0.39 is 6.10 Å². The molecule has 106 valence electrons. The highest BCUT2D eigenvalue weighted by molar-refractivity contribution is 5.69. The van der Waals surface area contributed by atoms with Crippen LogP contribution in [0.1, 0.15) is 40.5 Å². The predicted molar refractivity (Wildman–Crippen MR) is 71.3 cm³/mol. The van der Waals surface area contributed by atoms with E-state index in [-0.39, 0.29) is 12.4 Å². The van der Waals surface area contributed by atoms with Gasteiger partial charge in [-0.1, -0.05) is 20.8 Å². The molecule has 1 fully saturated rings. The molecule has 1 rings (SSSR count). The second kappa shape index (κ2) is 6.53. The first-order chi connectivity index (χ1) is 8.32. The van der Waals surface area contributed by atoms with Crippen molar-refractivity contribution in [3.63, 3.8) is 0 Å². The van der Waals surface area contributed by atoms with Gasteiger partial charge in [0.05, 0.1) is 19.1 Å². The second-order valence-electron chi connectivity index (χ2n) is 6.27. The summed E-state index contributed by atoms with van der Waals surface area (Å²) in [7, 11) is 0. The van der Waals surface area contributed by atoms with Crippen LogP contribution >= 0.6 is 0 Å². The molecule has 0 aliphatic carbocycles. The first-order valence-electron chi connectivity index (χ1n) is 6.89. The van der Waals surface area contributed by atoms with Crippen molar-refractivity contribution >= 4 is 5.97 Å². The lowest BCUT2D eigenvalue weighted by atomic mass is 9.80. The summed E-state index contributed by atoms with van der Waals surface area (Å²) in [5.41, 5.74) is 0.320. The van der Waals surface area contributed by atoms with E-state index >= 15 is 0 Å². The maximum absolute atomic E-state index is 11.3. The molecule has 0 amide bonds. The molecular formula is C14H27NO3.